The summed E-state index contributed by atoms with van der Waals surface area (Å²) in [6, 6.07) is 0. The van der Waals surface area contributed by atoms with Crippen LogP contribution in [0.1, 0.15) is 59.3 Å². The molecule has 1 atom stereocenters. The molecule has 1 N–H and O–H groups in total. The molecule has 0 amide bonds. The average Bonchev–Trinajstić information content (AvgIpc) is 2.38. The number of carbonyl (C=O) groups excluding carboxylic acids is 2. The standard InChI is InChI=1S/C14H24O4/c1-4-14(8-6-5-7-9-14)18-12(17)13(3,10-15)11(2)16/h15H,4-10H2,1-3H3. The Labute approximate surface area is 109 Å². The lowest BCUT2D eigenvalue weighted by molar-refractivity contribution is -0.179. The van der Waals surface area contributed by atoms with Crippen molar-refractivity contribution in [3.05, 3.63) is 0 Å². The minimum atomic E-state index is -1.42. The third-order valence-corrected chi connectivity index (χ3v) is 4.26. The fourth-order valence-electron chi connectivity index (χ4n) is 2.35. The molecule has 1 fully saturated rings. The van der Waals surface area contributed by atoms with Crippen molar-refractivity contribution in [3.8, 4) is 0 Å². The van der Waals surface area contributed by atoms with E-state index in [0.29, 0.717) is 0 Å². The smallest absolute Gasteiger partial charge is 0.322 e. The molecule has 0 heterocycles. The van der Waals surface area contributed by atoms with Crippen LogP contribution in [0, 0.1) is 5.41 Å². The molecule has 0 aromatic rings. The highest BCUT2D eigenvalue weighted by atomic mass is 16.6. The van der Waals surface area contributed by atoms with Crippen molar-refractivity contribution in [1.82, 2.24) is 0 Å². The number of aliphatic hydroxyl groups excluding tert-OH is 1. The molecule has 1 rings (SSSR count). The van der Waals surface area contributed by atoms with Gasteiger partial charge in [0.05, 0.1) is 6.61 Å². The van der Waals surface area contributed by atoms with E-state index in [1.54, 1.807) is 0 Å². The number of esters is 1. The van der Waals surface area contributed by atoms with Gasteiger partial charge >= 0.3 is 5.97 Å². The van der Waals surface area contributed by atoms with E-state index in [1.165, 1.54) is 20.3 Å². The zero-order valence-electron chi connectivity index (χ0n) is 11.6. The summed E-state index contributed by atoms with van der Waals surface area (Å²) < 4.78 is 5.63. The van der Waals surface area contributed by atoms with Crippen molar-refractivity contribution in [1.29, 1.82) is 0 Å². The van der Waals surface area contributed by atoms with E-state index < -0.39 is 23.6 Å². The van der Waals surface area contributed by atoms with Crippen LogP contribution in [-0.4, -0.2) is 29.1 Å². The highest BCUT2D eigenvalue weighted by Crippen LogP contribution is 2.36. The Balaban J connectivity index is 2.81. The van der Waals surface area contributed by atoms with Crippen LogP contribution in [0.25, 0.3) is 0 Å². The van der Waals surface area contributed by atoms with Gasteiger partial charge in [0.25, 0.3) is 0 Å². The number of hydrogen-bond acceptors (Lipinski definition) is 4. The number of ether oxygens (including phenoxy) is 1. The summed E-state index contributed by atoms with van der Waals surface area (Å²) >= 11 is 0. The fraction of sp³-hybridized carbons (Fsp3) is 0.857. The molecule has 0 aromatic heterocycles. The van der Waals surface area contributed by atoms with Crippen LogP contribution < -0.4 is 0 Å². The maximum absolute atomic E-state index is 12.2. The first-order valence-corrected chi connectivity index (χ1v) is 6.75. The van der Waals surface area contributed by atoms with Crippen LogP contribution >= 0.6 is 0 Å². The minimum Gasteiger partial charge on any atom is -0.458 e. The maximum atomic E-state index is 12.2. The average molecular weight is 256 g/mol. The predicted molar refractivity (Wildman–Crippen MR) is 68.1 cm³/mol. The van der Waals surface area contributed by atoms with Crippen LogP contribution in [0.15, 0.2) is 0 Å². The predicted octanol–water partition coefficient (Wildman–Crippen LogP) is 2.23. The Kier molecular flexibility index (Phi) is 4.91. The fourth-order valence-corrected chi connectivity index (χ4v) is 2.35. The second-order valence-corrected chi connectivity index (χ2v) is 5.53. The van der Waals surface area contributed by atoms with E-state index in [-0.39, 0.29) is 5.78 Å². The monoisotopic (exact) mass is 256 g/mol. The number of carbonyl (C=O) groups is 2. The van der Waals surface area contributed by atoms with Crippen molar-refractivity contribution in [2.75, 3.05) is 6.61 Å². The van der Waals surface area contributed by atoms with Gasteiger partial charge in [-0.25, -0.2) is 0 Å². The Bertz CT molecular complexity index is 318. The molecule has 0 saturated heterocycles. The molecule has 1 aliphatic carbocycles. The van der Waals surface area contributed by atoms with E-state index in [2.05, 4.69) is 0 Å². The molecular formula is C14H24O4. The van der Waals surface area contributed by atoms with Crippen molar-refractivity contribution in [2.24, 2.45) is 5.41 Å². The zero-order chi connectivity index (χ0) is 13.8. The molecule has 1 aliphatic rings. The van der Waals surface area contributed by atoms with Gasteiger partial charge in [0.15, 0.2) is 0 Å². The highest BCUT2D eigenvalue weighted by molar-refractivity contribution is 6.02. The molecule has 18 heavy (non-hydrogen) atoms. The maximum Gasteiger partial charge on any atom is 0.322 e. The number of Topliss-reactive ketones (excluding diaryl/α,β-unsaturated/α-hetero) is 1. The molecule has 4 nitrogen and oxygen atoms in total. The number of aliphatic hydroxyl groups is 1. The Hall–Kier alpha value is -0.900. The number of hydrogen-bond donors (Lipinski definition) is 1. The quantitative estimate of drug-likeness (QED) is 0.605. The summed E-state index contributed by atoms with van der Waals surface area (Å²) in [6.07, 6.45) is 5.75. The van der Waals surface area contributed by atoms with Crippen molar-refractivity contribution in [3.63, 3.8) is 0 Å². The molecular weight excluding hydrogens is 232 g/mol. The molecule has 4 heteroatoms. The van der Waals surface area contributed by atoms with Crippen molar-refractivity contribution >= 4 is 11.8 Å². The normalized spacial score (nSPS) is 22.0. The van der Waals surface area contributed by atoms with Gasteiger partial charge in [-0.2, -0.15) is 0 Å². The molecule has 0 aromatic carbocycles. The molecule has 1 unspecified atom stereocenters. The molecule has 1 saturated carbocycles. The van der Waals surface area contributed by atoms with Gasteiger partial charge in [0, 0.05) is 0 Å². The second-order valence-electron chi connectivity index (χ2n) is 5.53. The van der Waals surface area contributed by atoms with E-state index >= 15 is 0 Å². The Morgan fingerprint density at radius 2 is 1.83 bits per heavy atom. The van der Waals surface area contributed by atoms with Crippen LogP contribution in [0.4, 0.5) is 0 Å². The van der Waals surface area contributed by atoms with E-state index in [9.17, 15) is 14.7 Å². The highest BCUT2D eigenvalue weighted by Gasteiger charge is 2.44. The summed E-state index contributed by atoms with van der Waals surface area (Å²) in [5.74, 6) is -0.932. The number of ketones is 1. The lowest BCUT2D eigenvalue weighted by atomic mass is 9.81. The molecule has 0 bridgehead atoms. The Morgan fingerprint density at radius 3 is 2.22 bits per heavy atom. The van der Waals surface area contributed by atoms with E-state index in [1.807, 2.05) is 6.92 Å². The summed E-state index contributed by atoms with van der Waals surface area (Å²) in [4.78, 5) is 23.7. The van der Waals surface area contributed by atoms with Crippen LogP contribution in [0.3, 0.4) is 0 Å². The van der Waals surface area contributed by atoms with Gasteiger partial charge in [-0.3, -0.25) is 9.59 Å². The Morgan fingerprint density at radius 1 is 1.28 bits per heavy atom. The topological polar surface area (TPSA) is 63.6 Å². The van der Waals surface area contributed by atoms with Crippen molar-refractivity contribution < 1.29 is 19.4 Å². The van der Waals surface area contributed by atoms with Gasteiger partial charge in [0.1, 0.15) is 16.8 Å². The second kappa shape index (κ2) is 5.83. The summed E-state index contributed by atoms with van der Waals surface area (Å²) in [7, 11) is 0. The molecule has 104 valence electrons. The van der Waals surface area contributed by atoms with E-state index in [4.69, 9.17) is 4.74 Å². The van der Waals surface area contributed by atoms with Crippen LogP contribution in [0.2, 0.25) is 0 Å². The first-order valence-electron chi connectivity index (χ1n) is 6.75. The summed E-state index contributed by atoms with van der Waals surface area (Å²) in [5.41, 5.74) is -1.85. The van der Waals surface area contributed by atoms with Crippen molar-refractivity contribution in [2.45, 2.75) is 64.9 Å². The number of rotatable bonds is 5. The first kappa shape index (κ1) is 15.2. The molecule has 0 spiro atoms. The van der Waals surface area contributed by atoms with Gasteiger partial charge < -0.3 is 9.84 Å². The SMILES string of the molecule is CCC1(OC(=O)C(C)(CO)C(C)=O)CCCCC1. The van der Waals surface area contributed by atoms with Gasteiger partial charge in [0.2, 0.25) is 0 Å². The first-order chi connectivity index (χ1) is 8.40. The minimum absolute atomic E-state index is 0.350. The van der Waals surface area contributed by atoms with Crippen LogP contribution in [0.5, 0.6) is 0 Å². The van der Waals surface area contributed by atoms with Gasteiger partial charge in [-0.1, -0.05) is 13.3 Å². The third-order valence-electron chi connectivity index (χ3n) is 4.26. The molecule has 0 radical (unpaired) electrons. The van der Waals surface area contributed by atoms with Crippen LogP contribution in [-0.2, 0) is 14.3 Å². The largest absolute Gasteiger partial charge is 0.458 e. The third kappa shape index (κ3) is 2.91. The molecule has 0 aliphatic heterocycles. The lowest BCUT2D eigenvalue weighted by Gasteiger charge is -2.38. The summed E-state index contributed by atoms with van der Waals surface area (Å²) in [5, 5.41) is 9.29. The lowest BCUT2D eigenvalue weighted by Crippen LogP contribution is -2.46. The zero-order valence-corrected chi connectivity index (χ0v) is 11.6. The van der Waals surface area contributed by atoms with Gasteiger partial charge in [-0.05, 0) is 46.0 Å². The summed E-state index contributed by atoms with van der Waals surface area (Å²) in [6.45, 7) is 4.27. The van der Waals surface area contributed by atoms with Gasteiger partial charge in [-0.15, -0.1) is 0 Å². The van der Waals surface area contributed by atoms with E-state index in [0.717, 1.165) is 32.1 Å².